The zero-order valence-corrected chi connectivity index (χ0v) is 7.34. The summed E-state index contributed by atoms with van der Waals surface area (Å²) in [6.07, 6.45) is 10.9. The molecule has 0 amide bonds. The first-order chi connectivity index (χ1) is 6.41. The summed E-state index contributed by atoms with van der Waals surface area (Å²) < 4.78 is 0. The van der Waals surface area contributed by atoms with Crippen molar-refractivity contribution in [1.82, 2.24) is 19.9 Å². The first-order valence-electron chi connectivity index (χ1n) is 3.67. The fourth-order valence-electron chi connectivity index (χ4n) is 0.430. The van der Waals surface area contributed by atoms with Crippen molar-refractivity contribution < 1.29 is 4.79 Å². The normalized spacial score (nSPS) is 7.15. The highest BCUT2D eigenvalue weighted by atomic mass is 16.1. The second kappa shape index (κ2) is 10.1. The monoisotopic (exact) mass is 180 g/mol. The van der Waals surface area contributed by atoms with E-state index < -0.39 is 0 Å². The highest BCUT2D eigenvalue weighted by molar-refractivity contribution is 5.44. The standard InChI is InChI=1S/2C3H4N2.C2H4O/c2*1-2-5-3-4-1;1-2-3/h2*1-3H,(H,4,5);2H,1H3. The molecule has 2 aromatic heterocycles. The molecule has 5 heteroatoms. The van der Waals surface area contributed by atoms with Crippen LogP contribution < -0.4 is 0 Å². The van der Waals surface area contributed by atoms with Gasteiger partial charge in [0, 0.05) is 24.8 Å². The van der Waals surface area contributed by atoms with Gasteiger partial charge in [-0.1, -0.05) is 0 Å². The average molecular weight is 180 g/mol. The van der Waals surface area contributed by atoms with Gasteiger partial charge in [-0.2, -0.15) is 0 Å². The van der Waals surface area contributed by atoms with Gasteiger partial charge in [0.2, 0.25) is 0 Å². The molecule has 0 saturated carbocycles. The van der Waals surface area contributed by atoms with E-state index in [-0.39, 0.29) is 0 Å². The van der Waals surface area contributed by atoms with Gasteiger partial charge in [-0.15, -0.1) is 0 Å². The molecule has 2 heterocycles. The highest BCUT2D eigenvalue weighted by Crippen LogP contribution is 1.63. The predicted octanol–water partition coefficient (Wildman–Crippen LogP) is 1.02. The summed E-state index contributed by atoms with van der Waals surface area (Å²) in [6, 6.07) is 0. The van der Waals surface area contributed by atoms with Crippen LogP contribution in [0, 0.1) is 0 Å². The van der Waals surface area contributed by atoms with Gasteiger partial charge >= 0.3 is 0 Å². The van der Waals surface area contributed by atoms with E-state index >= 15 is 0 Å². The Bertz CT molecular complexity index is 191. The lowest BCUT2D eigenvalue weighted by Gasteiger charge is -1.46. The molecule has 0 atom stereocenters. The lowest BCUT2D eigenvalue weighted by atomic mass is 11.0. The summed E-state index contributed by atoms with van der Waals surface area (Å²) in [5.41, 5.74) is 0. The lowest BCUT2D eigenvalue weighted by Crippen LogP contribution is -1.44. The van der Waals surface area contributed by atoms with Crippen LogP contribution in [0.25, 0.3) is 0 Å². The number of imidazole rings is 2. The number of carbonyl (C=O) groups is 1. The van der Waals surface area contributed by atoms with Crippen LogP contribution in [-0.4, -0.2) is 26.2 Å². The van der Waals surface area contributed by atoms with Gasteiger partial charge in [0.05, 0.1) is 12.7 Å². The maximum Gasteiger partial charge on any atom is 0.116 e. The van der Waals surface area contributed by atoms with Crippen molar-refractivity contribution in [2.45, 2.75) is 6.92 Å². The van der Waals surface area contributed by atoms with E-state index in [1.54, 1.807) is 37.4 Å². The van der Waals surface area contributed by atoms with Crippen molar-refractivity contribution in [3.63, 3.8) is 0 Å². The Labute approximate surface area is 76.2 Å². The first kappa shape index (κ1) is 11.1. The van der Waals surface area contributed by atoms with E-state index in [1.807, 2.05) is 0 Å². The SMILES string of the molecule is CC=O.c1c[nH]cn1.c1c[nH]cn1. The number of aromatic nitrogens is 4. The summed E-state index contributed by atoms with van der Waals surface area (Å²) in [6.45, 7) is 1.44. The fourth-order valence-corrected chi connectivity index (χ4v) is 0.430. The quantitative estimate of drug-likeness (QED) is 0.594. The molecule has 0 aliphatic heterocycles. The lowest BCUT2D eigenvalue weighted by molar-refractivity contribution is -0.106. The molecule has 0 aliphatic carbocycles. The summed E-state index contributed by atoms with van der Waals surface area (Å²) in [7, 11) is 0. The van der Waals surface area contributed by atoms with Crippen molar-refractivity contribution >= 4 is 6.29 Å². The molecule has 2 N–H and O–H groups in total. The van der Waals surface area contributed by atoms with Crippen LogP contribution in [-0.2, 0) is 4.79 Å². The summed E-state index contributed by atoms with van der Waals surface area (Å²) >= 11 is 0. The number of nitrogens with one attached hydrogen (secondary N) is 2. The van der Waals surface area contributed by atoms with Crippen molar-refractivity contribution in [3.8, 4) is 0 Å². The predicted molar refractivity (Wildman–Crippen MR) is 48.9 cm³/mol. The van der Waals surface area contributed by atoms with Crippen LogP contribution in [0.3, 0.4) is 0 Å². The molecule has 0 fully saturated rings. The third-order valence-electron chi connectivity index (χ3n) is 0.812. The van der Waals surface area contributed by atoms with Gasteiger partial charge in [0.1, 0.15) is 6.29 Å². The number of nitrogens with zero attached hydrogens (tertiary/aromatic N) is 2. The van der Waals surface area contributed by atoms with Crippen molar-refractivity contribution in [3.05, 3.63) is 37.4 Å². The van der Waals surface area contributed by atoms with Crippen LogP contribution in [0.2, 0.25) is 0 Å². The van der Waals surface area contributed by atoms with Crippen molar-refractivity contribution in [2.24, 2.45) is 0 Å². The van der Waals surface area contributed by atoms with Gasteiger partial charge < -0.3 is 14.8 Å². The van der Waals surface area contributed by atoms with Gasteiger partial charge in [-0.3, -0.25) is 0 Å². The van der Waals surface area contributed by atoms with Crippen LogP contribution in [0.4, 0.5) is 0 Å². The average Bonchev–Trinajstić information content (AvgIpc) is 2.85. The number of carbonyl (C=O) groups excluding carboxylic acids is 1. The maximum absolute atomic E-state index is 8.81. The van der Waals surface area contributed by atoms with Crippen LogP contribution in [0.1, 0.15) is 6.92 Å². The van der Waals surface area contributed by atoms with E-state index in [0.29, 0.717) is 0 Å². The molecule has 70 valence electrons. The minimum Gasteiger partial charge on any atom is -0.351 e. The number of hydrogen-bond donors (Lipinski definition) is 2. The number of hydrogen-bond acceptors (Lipinski definition) is 3. The minimum atomic E-state index is 0.750. The third kappa shape index (κ3) is 10.1. The number of rotatable bonds is 0. The molecule has 0 unspecified atom stereocenters. The topological polar surface area (TPSA) is 74.4 Å². The molecule has 0 aromatic carbocycles. The highest BCUT2D eigenvalue weighted by Gasteiger charge is 1.56. The number of aromatic amines is 2. The summed E-state index contributed by atoms with van der Waals surface area (Å²) in [5, 5.41) is 0. The Morgan fingerprint density at radius 1 is 1.08 bits per heavy atom. The fraction of sp³-hybridized carbons (Fsp3) is 0.125. The molecule has 0 bridgehead atoms. The summed E-state index contributed by atoms with van der Waals surface area (Å²) in [4.78, 5) is 21.6. The molecule has 0 spiro atoms. The second-order valence-corrected chi connectivity index (χ2v) is 1.76. The number of aldehydes is 1. The van der Waals surface area contributed by atoms with Crippen LogP contribution in [0.15, 0.2) is 37.4 Å². The zero-order valence-electron chi connectivity index (χ0n) is 7.34. The van der Waals surface area contributed by atoms with E-state index in [1.165, 1.54) is 6.92 Å². The number of H-pyrrole nitrogens is 2. The maximum atomic E-state index is 8.81. The van der Waals surface area contributed by atoms with Gasteiger partial charge in [0.15, 0.2) is 0 Å². The largest absolute Gasteiger partial charge is 0.351 e. The van der Waals surface area contributed by atoms with E-state index in [4.69, 9.17) is 4.79 Å². The molecule has 5 nitrogen and oxygen atoms in total. The second-order valence-electron chi connectivity index (χ2n) is 1.76. The molecule has 13 heavy (non-hydrogen) atoms. The van der Waals surface area contributed by atoms with E-state index in [2.05, 4.69) is 19.9 Å². The summed E-state index contributed by atoms with van der Waals surface area (Å²) in [5.74, 6) is 0. The zero-order chi connectivity index (χ0) is 9.78. The third-order valence-corrected chi connectivity index (χ3v) is 0.812. The van der Waals surface area contributed by atoms with E-state index in [0.717, 1.165) is 6.29 Å². The van der Waals surface area contributed by atoms with E-state index in [9.17, 15) is 0 Å². The minimum absolute atomic E-state index is 0.750. The Balaban J connectivity index is 0.000000174. The van der Waals surface area contributed by atoms with Gasteiger partial charge in [-0.05, 0) is 6.92 Å². The molecule has 0 aliphatic rings. The Morgan fingerprint density at radius 3 is 1.54 bits per heavy atom. The Hall–Kier alpha value is -1.91. The Morgan fingerprint density at radius 2 is 1.46 bits per heavy atom. The molecule has 0 radical (unpaired) electrons. The van der Waals surface area contributed by atoms with Crippen molar-refractivity contribution in [2.75, 3.05) is 0 Å². The smallest absolute Gasteiger partial charge is 0.116 e. The van der Waals surface area contributed by atoms with Crippen molar-refractivity contribution in [1.29, 1.82) is 0 Å². The molecular formula is C8H12N4O. The van der Waals surface area contributed by atoms with Crippen LogP contribution in [0.5, 0.6) is 0 Å². The molecule has 0 saturated heterocycles. The van der Waals surface area contributed by atoms with Gasteiger partial charge in [0.25, 0.3) is 0 Å². The van der Waals surface area contributed by atoms with Crippen LogP contribution >= 0.6 is 0 Å². The van der Waals surface area contributed by atoms with Gasteiger partial charge in [-0.25, -0.2) is 9.97 Å². The first-order valence-corrected chi connectivity index (χ1v) is 3.67. The Kier molecular flexibility index (Phi) is 8.61. The molecular weight excluding hydrogens is 168 g/mol. The molecule has 2 aromatic rings. The molecule has 2 rings (SSSR count).